The molecule has 5 atom stereocenters. The maximum absolute atomic E-state index is 13.1. The van der Waals surface area contributed by atoms with E-state index >= 15 is 0 Å². The zero-order chi connectivity index (χ0) is 93.5. The number of aliphatic hydroxyl groups excluding tert-OH is 2. The smallest absolute Gasteiger partial charge is 0.463 e. The minimum Gasteiger partial charge on any atom is -0.463 e. The second kappa shape index (κ2) is 102. The first kappa shape index (κ1) is 124. The second-order valence-corrected chi connectivity index (χ2v) is 38.2. The van der Waals surface area contributed by atoms with E-state index in [1.165, 1.54) is 270 Å². The lowest BCUT2D eigenvalue weighted by molar-refractivity contribution is -0.161. The Morgan fingerprint density at radius 1 is 0.225 bits per heavy atom. The topological polar surface area (TPSA) is 231 Å². The molecule has 0 radical (unpaired) electrons. The molecule has 0 saturated heterocycles. The summed E-state index contributed by atoms with van der Waals surface area (Å²) < 4.78 is 61.8. The lowest BCUT2D eigenvalue weighted by Gasteiger charge is -2.21. The molecule has 0 aromatic heterocycles. The Hall–Kier alpha value is -4.83. The number of phosphoric ester groups is 2. The fourth-order valence-corrected chi connectivity index (χ4v) is 16.3. The van der Waals surface area contributed by atoms with E-state index in [9.17, 15) is 43.5 Å². The van der Waals surface area contributed by atoms with E-state index in [1.807, 2.05) is 0 Å². The number of aliphatic hydroxyl groups is 2. The molecule has 4 N–H and O–H groups in total. The summed E-state index contributed by atoms with van der Waals surface area (Å²) in [6.45, 7) is 2.61. The number of phosphoric acid groups is 2. The molecule has 0 heterocycles. The maximum Gasteiger partial charge on any atom is 0.472 e. The quantitative estimate of drug-likeness (QED) is 0.0146. The van der Waals surface area contributed by atoms with Gasteiger partial charge >= 0.3 is 33.6 Å². The van der Waals surface area contributed by atoms with Gasteiger partial charge in [0.25, 0.3) is 0 Å². The first-order valence-corrected chi connectivity index (χ1v) is 55.8. The Kier molecular flexibility index (Phi) is 98.3. The van der Waals surface area contributed by atoms with E-state index < -0.39 is 91.5 Å². The van der Waals surface area contributed by atoms with Crippen molar-refractivity contribution < 1.29 is 75.8 Å². The van der Waals surface area contributed by atoms with Crippen molar-refractivity contribution >= 4 is 33.6 Å². The number of carbonyl (C=O) groups excluding carboxylic acids is 3. The number of esters is 3. The summed E-state index contributed by atoms with van der Waals surface area (Å²) >= 11 is 0. The Balaban J connectivity index is 4.60. The van der Waals surface area contributed by atoms with Crippen LogP contribution in [0.3, 0.4) is 0 Å². The van der Waals surface area contributed by atoms with Crippen LogP contribution in [-0.4, -0.2) is 95.9 Å². The van der Waals surface area contributed by atoms with E-state index in [-0.39, 0.29) is 19.3 Å². The highest BCUT2D eigenvalue weighted by atomic mass is 31.2. The number of hydrogen-bond donors (Lipinski definition) is 4. The third kappa shape index (κ3) is 104. The van der Waals surface area contributed by atoms with Crippen molar-refractivity contribution in [3.63, 3.8) is 0 Å². The van der Waals surface area contributed by atoms with Gasteiger partial charge in [0, 0.05) is 19.3 Å². The predicted molar refractivity (Wildman–Crippen MR) is 546 cm³/mol. The summed E-state index contributed by atoms with van der Waals surface area (Å²) in [5, 5.41) is 20.8. The molecule has 0 aliphatic rings. The Morgan fingerprint density at radius 3 is 0.651 bits per heavy atom. The molecule has 0 aromatic carbocycles. The van der Waals surface area contributed by atoms with Crippen LogP contribution in [0.25, 0.3) is 0 Å². The third-order valence-electron chi connectivity index (χ3n) is 22.7. The van der Waals surface area contributed by atoms with Crippen LogP contribution in [0.15, 0.2) is 158 Å². The van der Waals surface area contributed by atoms with E-state index in [2.05, 4.69) is 179 Å². The standard InChI is InChI=1S/C111H194O16P2/c1-4-7-10-13-16-19-22-25-28-31-34-37-40-43-46-49-51-52-54-57-58-61-64-67-70-73-76-79-82-85-88-91-94-97-109(114)121-100-106(112)101-123-128(117,118)124-102-107(113)103-125-129(119,120)126-105-108(127-111(116)99-96-93-90-87-84-81-78-75-72-69-66-63-60-55-48-45-42-39-36-33-30-27-24-21-18-15-12-9-6-3)104-122-110(115)98-95-92-89-86-83-80-77-74-71-68-65-62-59-56-53-50-47-44-41-38-35-32-29-26-23-20-17-14-11-8-5-2/h7,10,16-21,25-30,34-39,43-48,106-108,112-113H,4-6,8-9,11-15,22-24,31-33,40-42,49-105H2,1-3H3,(H,117,118)(H,119,120)/b10-7-,19-16-,20-17-,21-18-,28-25-,29-26-,30-27-,37-34-,38-35-,39-36-,46-43-,47-44-,48-45-. The molecule has 0 aliphatic carbocycles. The Labute approximate surface area is 790 Å². The van der Waals surface area contributed by atoms with Gasteiger partial charge in [0.2, 0.25) is 0 Å². The van der Waals surface area contributed by atoms with Crippen molar-refractivity contribution in [2.24, 2.45) is 0 Å². The SMILES string of the molecule is CC/C=C\C/C=C\C/C=C\C/C=C\C/C=C\CCCCCCCCCCCCCCCCCCCC(=O)OCC(O)COP(=O)(O)OCC(O)COP(=O)(O)OCC(COC(=O)CCCCCCCCCCCCCCCCC/C=C\C/C=C\C/C=C\C/C=C\CCCCC)OC(=O)CCCCCCCCCCCCCCC/C=C\C/C=C\C/C=C\C/C=C\CCCCC. The molecular formula is C111H194O16P2. The van der Waals surface area contributed by atoms with Gasteiger partial charge in [-0.1, -0.05) is 455 Å². The van der Waals surface area contributed by atoms with Crippen molar-refractivity contribution in [2.75, 3.05) is 39.6 Å². The van der Waals surface area contributed by atoms with E-state index in [1.54, 1.807) is 0 Å². The van der Waals surface area contributed by atoms with Gasteiger partial charge in [0.15, 0.2) is 6.10 Å². The van der Waals surface area contributed by atoms with Crippen LogP contribution in [0.4, 0.5) is 0 Å². The average Bonchev–Trinajstić information content (AvgIpc) is 0.898. The molecule has 0 spiro atoms. The molecule has 16 nitrogen and oxygen atoms in total. The van der Waals surface area contributed by atoms with Gasteiger partial charge < -0.3 is 34.2 Å². The van der Waals surface area contributed by atoms with Crippen molar-refractivity contribution in [3.8, 4) is 0 Å². The fourth-order valence-electron chi connectivity index (χ4n) is 14.7. The molecule has 0 saturated carbocycles. The average molecular weight is 1850 g/mol. The van der Waals surface area contributed by atoms with Crippen LogP contribution < -0.4 is 0 Å². The minimum absolute atomic E-state index is 0.102. The Bertz CT molecular complexity index is 2980. The van der Waals surface area contributed by atoms with E-state index in [0.29, 0.717) is 19.3 Å². The summed E-state index contributed by atoms with van der Waals surface area (Å²) in [6, 6.07) is 0. The monoisotopic (exact) mass is 1850 g/mol. The highest BCUT2D eigenvalue weighted by Crippen LogP contribution is 2.45. The molecule has 0 bridgehead atoms. The van der Waals surface area contributed by atoms with Gasteiger partial charge in [-0.05, 0) is 154 Å². The number of allylic oxidation sites excluding steroid dienone is 26. The molecule has 0 aromatic rings. The number of hydrogen-bond acceptors (Lipinski definition) is 14. The van der Waals surface area contributed by atoms with Crippen LogP contribution in [0.1, 0.15) is 470 Å². The minimum atomic E-state index is -4.95. The highest BCUT2D eigenvalue weighted by molar-refractivity contribution is 7.47. The van der Waals surface area contributed by atoms with Crippen molar-refractivity contribution in [1.82, 2.24) is 0 Å². The molecule has 18 heteroatoms. The summed E-state index contributed by atoms with van der Waals surface area (Å²) in [6.07, 6.45) is 133. The van der Waals surface area contributed by atoms with Crippen LogP contribution >= 0.6 is 15.6 Å². The lowest BCUT2D eigenvalue weighted by Crippen LogP contribution is -2.30. The third-order valence-corrected chi connectivity index (χ3v) is 24.6. The molecule has 0 amide bonds. The molecule has 0 aliphatic heterocycles. The van der Waals surface area contributed by atoms with Gasteiger partial charge in [0.05, 0.1) is 26.4 Å². The molecule has 0 rings (SSSR count). The second-order valence-electron chi connectivity index (χ2n) is 35.3. The van der Waals surface area contributed by atoms with Gasteiger partial charge in [-0.3, -0.25) is 32.5 Å². The van der Waals surface area contributed by atoms with Crippen LogP contribution in [0, 0.1) is 0 Å². The number of carbonyl (C=O) groups is 3. The van der Waals surface area contributed by atoms with Crippen LogP contribution in [0.5, 0.6) is 0 Å². The van der Waals surface area contributed by atoms with Crippen molar-refractivity contribution in [3.05, 3.63) is 158 Å². The van der Waals surface area contributed by atoms with Crippen molar-refractivity contribution in [2.45, 2.75) is 489 Å². The van der Waals surface area contributed by atoms with Gasteiger partial charge in [-0.2, -0.15) is 0 Å². The highest BCUT2D eigenvalue weighted by Gasteiger charge is 2.30. The first-order chi connectivity index (χ1) is 63.2. The number of ether oxygens (including phenoxy) is 3. The number of unbranched alkanes of at least 4 members (excludes halogenated alkanes) is 51. The summed E-state index contributed by atoms with van der Waals surface area (Å²) in [5.41, 5.74) is 0. The normalized spacial score (nSPS) is 14.3. The van der Waals surface area contributed by atoms with Crippen LogP contribution in [-0.2, 0) is 55.8 Å². The van der Waals surface area contributed by atoms with Crippen molar-refractivity contribution in [1.29, 1.82) is 0 Å². The predicted octanol–water partition coefficient (Wildman–Crippen LogP) is 33.6. The largest absolute Gasteiger partial charge is 0.472 e. The fraction of sp³-hybridized carbons (Fsp3) is 0.739. The molecular weight excluding hydrogens is 1650 g/mol. The molecule has 129 heavy (non-hydrogen) atoms. The first-order valence-electron chi connectivity index (χ1n) is 52.8. The van der Waals surface area contributed by atoms with E-state index in [0.717, 1.165) is 141 Å². The summed E-state index contributed by atoms with van der Waals surface area (Å²) in [7, 11) is -9.82. The van der Waals surface area contributed by atoms with E-state index in [4.69, 9.17) is 32.3 Å². The van der Waals surface area contributed by atoms with Crippen LogP contribution in [0.2, 0.25) is 0 Å². The molecule has 5 unspecified atom stereocenters. The molecule has 0 fully saturated rings. The summed E-state index contributed by atoms with van der Waals surface area (Å²) in [5.74, 6) is -1.55. The lowest BCUT2D eigenvalue weighted by atomic mass is 10.0. The van der Waals surface area contributed by atoms with Gasteiger partial charge in [-0.25, -0.2) is 9.13 Å². The molecule has 744 valence electrons. The van der Waals surface area contributed by atoms with Gasteiger partial charge in [0.1, 0.15) is 25.4 Å². The Morgan fingerprint density at radius 2 is 0.411 bits per heavy atom. The zero-order valence-corrected chi connectivity index (χ0v) is 84.4. The zero-order valence-electron chi connectivity index (χ0n) is 82.6. The maximum atomic E-state index is 13.1. The van der Waals surface area contributed by atoms with Gasteiger partial charge in [-0.15, -0.1) is 0 Å². The number of rotatable bonds is 100. The summed E-state index contributed by atoms with van der Waals surface area (Å²) in [4.78, 5) is 59.3.